The van der Waals surface area contributed by atoms with Gasteiger partial charge in [0.2, 0.25) is 5.91 Å². The Hall–Kier alpha value is -1.14. The van der Waals surface area contributed by atoms with E-state index in [4.69, 9.17) is 9.47 Å². The monoisotopic (exact) mass is 380 g/mol. The molecule has 0 aromatic carbocycles. The van der Waals surface area contributed by atoms with Gasteiger partial charge in [0.1, 0.15) is 6.10 Å². The Bertz CT molecular complexity index is 477. The number of likely N-dealkylation sites (tertiary alicyclic amines) is 2. The molecule has 3 aliphatic heterocycles. The second-order valence-electron chi connectivity index (χ2n) is 8.30. The van der Waals surface area contributed by atoms with Crippen molar-refractivity contribution in [3.05, 3.63) is 0 Å². The number of piperidine rings is 1. The van der Waals surface area contributed by atoms with Gasteiger partial charge in [-0.15, -0.1) is 0 Å². The van der Waals surface area contributed by atoms with Crippen LogP contribution in [-0.2, 0) is 19.1 Å². The normalized spacial score (nSPS) is 26.5. The van der Waals surface area contributed by atoms with Crippen LogP contribution >= 0.6 is 0 Å². The highest BCUT2D eigenvalue weighted by Crippen LogP contribution is 2.23. The molecule has 3 aliphatic rings. The molecule has 0 spiro atoms. The molecule has 0 bridgehead atoms. The Labute approximate surface area is 163 Å². The maximum atomic E-state index is 12.8. The molecule has 0 aromatic rings. The van der Waals surface area contributed by atoms with Crippen molar-refractivity contribution in [2.24, 2.45) is 5.92 Å². The van der Waals surface area contributed by atoms with E-state index in [1.54, 1.807) is 0 Å². The number of ether oxygens (including phenoxy) is 2. The minimum absolute atomic E-state index is 0.0477. The molecule has 0 aromatic heterocycles. The fraction of sp³-hybridized carbons (Fsp3) is 0.905. The number of amides is 2. The number of carbonyl (C=O) groups excluding carboxylic acids is 2. The third-order valence-electron chi connectivity index (χ3n) is 6.23. The van der Waals surface area contributed by atoms with Gasteiger partial charge in [-0.05, 0) is 51.9 Å². The highest BCUT2D eigenvalue weighted by molar-refractivity contribution is 5.82. The maximum Gasteiger partial charge on any atom is 0.251 e. The lowest BCUT2D eigenvalue weighted by atomic mass is 9.95. The van der Waals surface area contributed by atoms with Gasteiger partial charge >= 0.3 is 0 Å². The molecule has 27 heavy (non-hydrogen) atoms. The van der Waals surface area contributed by atoms with Crippen LogP contribution in [0.5, 0.6) is 0 Å². The molecular weight excluding hydrogens is 344 g/mol. The summed E-state index contributed by atoms with van der Waals surface area (Å²) in [5.41, 5.74) is 0. The zero-order chi connectivity index (χ0) is 19.1. The summed E-state index contributed by atoms with van der Waals surface area (Å²) < 4.78 is 11.5. The summed E-state index contributed by atoms with van der Waals surface area (Å²) in [5.74, 6) is 0.438. The van der Waals surface area contributed by atoms with E-state index in [0.29, 0.717) is 25.6 Å². The largest absolute Gasteiger partial charge is 0.376 e. The molecule has 3 rings (SSSR count). The van der Waals surface area contributed by atoms with Gasteiger partial charge in [-0.1, -0.05) is 12.8 Å². The molecule has 2 atom stereocenters. The van der Waals surface area contributed by atoms with Crippen LogP contribution in [-0.4, -0.2) is 73.2 Å². The van der Waals surface area contributed by atoms with E-state index in [1.165, 1.54) is 19.3 Å². The minimum atomic E-state index is -0.437. The molecule has 2 amide bonds. The predicted octanol–water partition coefficient (Wildman–Crippen LogP) is 2.60. The highest BCUT2D eigenvalue weighted by atomic mass is 16.5. The van der Waals surface area contributed by atoms with Crippen LogP contribution in [0.3, 0.4) is 0 Å². The van der Waals surface area contributed by atoms with Crippen LogP contribution in [0.25, 0.3) is 0 Å². The SMILES string of the molecule is CC(OCC1CCCCO1)C(=O)N1CCC(C(=O)N2CCCCCC2)CC1. The third kappa shape index (κ3) is 5.92. The van der Waals surface area contributed by atoms with E-state index in [0.717, 1.165) is 58.2 Å². The fourth-order valence-corrected chi connectivity index (χ4v) is 4.42. The van der Waals surface area contributed by atoms with Crippen molar-refractivity contribution >= 4 is 11.8 Å². The van der Waals surface area contributed by atoms with Crippen molar-refractivity contribution in [2.45, 2.75) is 76.9 Å². The van der Waals surface area contributed by atoms with Gasteiger partial charge in [0.05, 0.1) is 12.7 Å². The van der Waals surface area contributed by atoms with Crippen molar-refractivity contribution in [3.8, 4) is 0 Å². The number of nitrogens with zero attached hydrogens (tertiary/aromatic N) is 2. The third-order valence-corrected chi connectivity index (χ3v) is 6.23. The number of rotatable bonds is 5. The van der Waals surface area contributed by atoms with Gasteiger partial charge in [0.15, 0.2) is 0 Å². The first-order chi connectivity index (χ1) is 13.1. The Kier molecular flexibility index (Phi) is 7.94. The van der Waals surface area contributed by atoms with Crippen molar-refractivity contribution in [1.29, 1.82) is 0 Å². The highest BCUT2D eigenvalue weighted by Gasteiger charge is 2.32. The summed E-state index contributed by atoms with van der Waals surface area (Å²) in [7, 11) is 0. The van der Waals surface area contributed by atoms with Gasteiger partial charge in [-0.2, -0.15) is 0 Å². The van der Waals surface area contributed by atoms with Crippen LogP contribution in [0.4, 0.5) is 0 Å². The number of hydrogen-bond donors (Lipinski definition) is 0. The molecule has 3 fully saturated rings. The summed E-state index contributed by atoms with van der Waals surface area (Å²) in [6, 6.07) is 0. The Morgan fingerprint density at radius 1 is 0.926 bits per heavy atom. The quantitative estimate of drug-likeness (QED) is 0.736. The summed E-state index contributed by atoms with van der Waals surface area (Å²) in [5, 5.41) is 0. The topological polar surface area (TPSA) is 59.1 Å². The summed E-state index contributed by atoms with van der Waals surface area (Å²) in [6.45, 7) is 6.27. The lowest BCUT2D eigenvalue weighted by molar-refractivity contribution is -0.149. The Morgan fingerprint density at radius 2 is 1.63 bits per heavy atom. The van der Waals surface area contributed by atoms with Crippen molar-refractivity contribution in [1.82, 2.24) is 9.80 Å². The zero-order valence-corrected chi connectivity index (χ0v) is 16.9. The van der Waals surface area contributed by atoms with E-state index in [2.05, 4.69) is 4.90 Å². The molecule has 3 heterocycles. The van der Waals surface area contributed by atoms with Gasteiger partial charge in [-0.3, -0.25) is 9.59 Å². The predicted molar refractivity (Wildman–Crippen MR) is 103 cm³/mol. The molecule has 0 saturated carbocycles. The lowest BCUT2D eigenvalue weighted by Gasteiger charge is -2.35. The standard InChI is InChI=1S/C21H36N2O4/c1-17(27-16-19-8-4-7-15-26-19)20(24)23-13-9-18(10-14-23)21(25)22-11-5-2-3-6-12-22/h17-19H,2-16H2,1H3. The molecule has 154 valence electrons. The molecule has 0 aliphatic carbocycles. The summed E-state index contributed by atoms with van der Waals surface area (Å²) in [4.78, 5) is 29.4. The van der Waals surface area contributed by atoms with Crippen LogP contribution in [0, 0.1) is 5.92 Å². The van der Waals surface area contributed by atoms with Crippen LogP contribution in [0.15, 0.2) is 0 Å². The van der Waals surface area contributed by atoms with Gasteiger partial charge in [0, 0.05) is 38.7 Å². The first-order valence-electron chi connectivity index (χ1n) is 11.0. The molecular formula is C21H36N2O4. The Morgan fingerprint density at radius 3 is 2.26 bits per heavy atom. The average molecular weight is 381 g/mol. The second kappa shape index (κ2) is 10.4. The number of carbonyl (C=O) groups is 2. The van der Waals surface area contributed by atoms with E-state index in [9.17, 15) is 9.59 Å². The van der Waals surface area contributed by atoms with E-state index >= 15 is 0 Å². The minimum Gasteiger partial charge on any atom is -0.376 e. The average Bonchev–Trinajstić information content (AvgIpc) is 3.01. The van der Waals surface area contributed by atoms with Crippen LogP contribution in [0.1, 0.15) is 64.7 Å². The van der Waals surface area contributed by atoms with E-state index < -0.39 is 6.10 Å². The number of hydrogen-bond acceptors (Lipinski definition) is 4. The molecule has 2 unspecified atom stereocenters. The molecule has 3 saturated heterocycles. The first-order valence-corrected chi connectivity index (χ1v) is 11.0. The smallest absolute Gasteiger partial charge is 0.251 e. The summed E-state index contributed by atoms with van der Waals surface area (Å²) in [6.07, 6.45) is 9.29. The first kappa shape index (κ1) is 20.6. The molecule has 6 nitrogen and oxygen atoms in total. The van der Waals surface area contributed by atoms with Crippen molar-refractivity contribution in [2.75, 3.05) is 39.4 Å². The van der Waals surface area contributed by atoms with Gasteiger partial charge < -0.3 is 19.3 Å². The molecule has 0 N–H and O–H groups in total. The summed E-state index contributed by atoms with van der Waals surface area (Å²) >= 11 is 0. The lowest BCUT2D eigenvalue weighted by Crippen LogP contribution is -2.47. The zero-order valence-electron chi connectivity index (χ0n) is 16.9. The van der Waals surface area contributed by atoms with Gasteiger partial charge in [-0.25, -0.2) is 0 Å². The van der Waals surface area contributed by atoms with E-state index in [1.807, 2.05) is 11.8 Å². The van der Waals surface area contributed by atoms with E-state index in [-0.39, 0.29) is 17.9 Å². The van der Waals surface area contributed by atoms with Crippen LogP contribution < -0.4 is 0 Å². The van der Waals surface area contributed by atoms with Crippen molar-refractivity contribution < 1.29 is 19.1 Å². The second-order valence-corrected chi connectivity index (χ2v) is 8.30. The van der Waals surface area contributed by atoms with Crippen LogP contribution in [0.2, 0.25) is 0 Å². The van der Waals surface area contributed by atoms with Crippen molar-refractivity contribution in [3.63, 3.8) is 0 Å². The Balaban J connectivity index is 1.39. The fourth-order valence-electron chi connectivity index (χ4n) is 4.42. The molecule has 6 heteroatoms. The maximum absolute atomic E-state index is 12.8. The molecule has 0 radical (unpaired) electrons. The van der Waals surface area contributed by atoms with Gasteiger partial charge in [0.25, 0.3) is 5.91 Å².